The second kappa shape index (κ2) is 7.24. The minimum absolute atomic E-state index is 0.0792. The topological polar surface area (TPSA) is 74.6 Å². The molecule has 0 unspecified atom stereocenters. The van der Waals surface area contributed by atoms with Crippen LogP contribution >= 0.6 is 0 Å². The molecule has 1 heterocycles. The van der Waals surface area contributed by atoms with Gasteiger partial charge in [-0.1, -0.05) is 18.2 Å². The van der Waals surface area contributed by atoms with Crippen molar-refractivity contribution in [3.05, 3.63) is 63.6 Å². The Morgan fingerprint density at radius 1 is 1.08 bits per heavy atom. The molecule has 6 nitrogen and oxygen atoms in total. The summed E-state index contributed by atoms with van der Waals surface area (Å²) in [6, 6.07) is 8.92. The highest BCUT2D eigenvalue weighted by Gasteiger charge is 2.49. The van der Waals surface area contributed by atoms with Gasteiger partial charge in [-0.05, 0) is 42.3 Å². The maximum Gasteiger partial charge on any atom is 0.536 e. The molecule has 0 N–H and O–H groups in total. The monoisotopic (exact) mass is 389 g/mol. The minimum atomic E-state index is -5.99. The van der Waals surface area contributed by atoms with Crippen molar-refractivity contribution in [2.75, 3.05) is 7.11 Å². The predicted molar refractivity (Wildman–Crippen MR) is 88.9 cm³/mol. The Morgan fingerprint density at radius 2 is 1.69 bits per heavy atom. The van der Waals surface area contributed by atoms with Gasteiger partial charge in [-0.2, -0.15) is 21.6 Å². The normalized spacial score (nSPS) is 12.3. The van der Waals surface area contributed by atoms with Crippen molar-refractivity contribution in [1.29, 1.82) is 0 Å². The number of benzene rings is 1. The molecule has 0 fully saturated rings. The number of methoxy groups -OCH3 is 1. The van der Waals surface area contributed by atoms with Crippen molar-refractivity contribution < 1.29 is 30.6 Å². The van der Waals surface area contributed by atoms with Crippen LogP contribution in [0.1, 0.15) is 16.8 Å². The standard InChI is InChI=1S/C16H14F3NO5S/c1-11-9-13(6-3-12-4-7-14(24-2)8-5-12)20(15(21)10-11)25-26(22,23)16(17,18)19/h3-10H,1-2H3/b6-3+. The molecule has 0 spiro atoms. The minimum Gasteiger partial charge on any atom is -0.497 e. The van der Waals surface area contributed by atoms with Crippen LogP contribution in [0.2, 0.25) is 0 Å². The number of hydrogen-bond acceptors (Lipinski definition) is 5. The maximum atomic E-state index is 12.5. The van der Waals surface area contributed by atoms with Crippen LogP contribution in [-0.2, 0) is 10.1 Å². The summed E-state index contributed by atoms with van der Waals surface area (Å²) in [5.74, 6) is 0.606. The van der Waals surface area contributed by atoms with Gasteiger partial charge < -0.3 is 4.74 Å². The Morgan fingerprint density at radius 3 is 2.23 bits per heavy atom. The SMILES string of the molecule is COc1ccc(/C=C/c2cc(C)cc(=O)n2OS(=O)(=O)C(F)(F)F)cc1. The third kappa shape index (κ3) is 4.45. The summed E-state index contributed by atoms with van der Waals surface area (Å²) < 4.78 is 69.1. The fourth-order valence-electron chi connectivity index (χ4n) is 1.95. The van der Waals surface area contributed by atoms with E-state index in [1.165, 1.54) is 32.3 Å². The van der Waals surface area contributed by atoms with Crippen LogP contribution in [0.3, 0.4) is 0 Å². The molecule has 0 radical (unpaired) electrons. The number of nitrogens with zero attached hydrogens (tertiary/aromatic N) is 1. The molecule has 0 bridgehead atoms. The third-order valence-corrected chi connectivity index (χ3v) is 4.09. The molecule has 2 aromatic rings. The van der Waals surface area contributed by atoms with Gasteiger partial charge in [0.05, 0.1) is 12.8 Å². The van der Waals surface area contributed by atoms with Crippen LogP contribution < -0.4 is 14.6 Å². The Hall–Kier alpha value is -2.75. The smallest absolute Gasteiger partial charge is 0.497 e. The molecular formula is C16H14F3NO5S. The van der Waals surface area contributed by atoms with Crippen LogP contribution in [0.15, 0.2) is 41.2 Å². The lowest BCUT2D eigenvalue weighted by Gasteiger charge is -2.13. The molecule has 140 valence electrons. The van der Waals surface area contributed by atoms with Gasteiger partial charge in [0, 0.05) is 6.07 Å². The van der Waals surface area contributed by atoms with Gasteiger partial charge in [0.25, 0.3) is 5.56 Å². The summed E-state index contributed by atoms with van der Waals surface area (Å²) in [5, 5.41) is 0. The fraction of sp³-hybridized carbons (Fsp3) is 0.188. The Balaban J connectivity index is 2.44. The highest BCUT2D eigenvalue weighted by Crippen LogP contribution is 2.23. The van der Waals surface area contributed by atoms with Crippen molar-refractivity contribution in [1.82, 2.24) is 4.73 Å². The molecule has 0 aliphatic carbocycles. The molecule has 26 heavy (non-hydrogen) atoms. The summed E-state index contributed by atoms with van der Waals surface area (Å²) in [6.07, 6.45) is 2.75. The third-order valence-electron chi connectivity index (χ3n) is 3.18. The highest BCUT2D eigenvalue weighted by atomic mass is 32.2. The van der Waals surface area contributed by atoms with E-state index >= 15 is 0 Å². The Bertz CT molecular complexity index is 976. The lowest BCUT2D eigenvalue weighted by molar-refractivity contribution is -0.0549. The zero-order valence-electron chi connectivity index (χ0n) is 13.6. The predicted octanol–water partition coefficient (Wildman–Crippen LogP) is 2.61. The van der Waals surface area contributed by atoms with Gasteiger partial charge in [-0.15, -0.1) is 4.73 Å². The molecule has 1 aromatic carbocycles. The van der Waals surface area contributed by atoms with E-state index in [2.05, 4.69) is 4.28 Å². The van der Waals surface area contributed by atoms with Gasteiger partial charge in [0.15, 0.2) is 0 Å². The van der Waals surface area contributed by atoms with Gasteiger partial charge in [-0.3, -0.25) is 9.08 Å². The van der Waals surface area contributed by atoms with Crippen molar-refractivity contribution >= 4 is 22.3 Å². The highest BCUT2D eigenvalue weighted by molar-refractivity contribution is 7.87. The zero-order chi connectivity index (χ0) is 19.5. The average molecular weight is 389 g/mol. The van der Waals surface area contributed by atoms with Gasteiger partial charge in [-0.25, -0.2) is 0 Å². The van der Waals surface area contributed by atoms with E-state index in [4.69, 9.17) is 4.74 Å². The second-order valence-corrected chi connectivity index (χ2v) is 6.69. The fourth-order valence-corrected chi connectivity index (χ4v) is 2.39. The van der Waals surface area contributed by atoms with E-state index in [1.54, 1.807) is 24.3 Å². The van der Waals surface area contributed by atoms with E-state index < -0.39 is 21.2 Å². The first-order chi connectivity index (χ1) is 12.0. The number of hydrogen-bond donors (Lipinski definition) is 0. The lowest BCUT2D eigenvalue weighted by Crippen LogP contribution is -2.38. The van der Waals surface area contributed by atoms with Crippen molar-refractivity contribution in [2.45, 2.75) is 12.4 Å². The van der Waals surface area contributed by atoms with Crippen LogP contribution in [0.25, 0.3) is 12.2 Å². The summed E-state index contributed by atoms with van der Waals surface area (Å²) in [4.78, 5) is 11.9. The molecule has 0 amide bonds. The van der Waals surface area contributed by atoms with Crippen molar-refractivity contribution in [3.8, 4) is 5.75 Å². The number of ether oxygens (including phenoxy) is 1. The Kier molecular flexibility index (Phi) is 5.45. The first-order valence-electron chi connectivity index (χ1n) is 7.10. The van der Waals surface area contributed by atoms with Crippen molar-refractivity contribution in [3.63, 3.8) is 0 Å². The number of aryl methyl sites for hydroxylation is 1. The molecular weight excluding hydrogens is 375 g/mol. The van der Waals surface area contributed by atoms with Crippen LogP contribution in [0.5, 0.6) is 5.75 Å². The summed E-state index contributed by atoms with van der Waals surface area (Å²) in [5.41, 5.74) is -5.81. The largest absolute Gasteiger partial charge is 0.536 e. The number of aromatic nitrogens is 1. The molecule has 1 aromatic heterocycles. The molecule has 2 rings (SSSR count). The number of halogens is 3. The van der Waals surface area contributed by atoms with Gasteiger partial charge in [0.2, 0.25) is 0 Å². The first-order valence-corrected chi connectivity index (χ1v) is 8.51. The lowest BCUT2D eigenvalue weighted by atomic mass is 10.1. The second-order valence-electron chi connectivity index (χ2n) is 5.17. The number of alkyl halides is 3. The number of pyridine rings is 1. The molecule has 0 saturated carbocycles. The van der Waals surface area contributed by atoms with Crippen LogP contribution in [0, 0.1) is 6.92 Å². The van der Waals surface area contributed by atoms with Crippen LogP contribution in [0.4, 0.5) is 13.2 Å². The van der Waals surface area contributed by atoms with Crippen LogP contribution in [-0.4, -0.2) is 25.8 Å². The van der Waals surface area contributed by atoms with Crippen molar-refractivity contribution in [2.24, 2.45) is 0 Å². The van der Waals surface area contributed by atoms with E-state index in [-0.39, 0.29) is 10.4 Å². The Labute approximate surface area is 147 Å². The summed E-state index contributed by atoms with van der Waals surface area (Å²) >= 11 is 0. The van der Waals surface area contributed by atoms with E-state index in [0.717, 1.165) is 6.07 Å². The quantitative estimate of drug-likeness (QED) is 0.735. The van der Waals surface area contributed by atoms with E-state index in [1.807, 2.05) is 0 Å². The maximum absolute atomic E-state index is 12.5. The summed E-state index contributed by atoms with van der Waals surface area (Å²) in [7, 11) is -4.49. The number of rotatable bonds is 5. The first kappa shape index (κ1) is 19.6. The molecule has 0 aliphatic heterocycles. The van der Waals surface area contributed by atoms with E-state index in [0.29, 0.717) is 16.9 Å². The zero-order valence-corrected chi connectivity index (χ0v) is 14.5. The average Bonchev–Trinajstić information content (AvgIpc) is 2.55. The summed E-state index contributed by atoms with van der Waals surface area (Å²) in [6.45, 7) is 1.54. The molecule has 0 aliphatic rings. The van der Waals surface area contributed by atoms with Gasteiger partial charge >= 0.3 is 15.6 Å². The molecule has 10 heteroatoms. The molecule has 0 saturated heterocycles. The molecule has 0 atom stereocenters. The van der Waals surface area contributed by atoms with Gasteiger partial charge in [0.1, 0.15) is 5.75 Å². The van der Waals surface area contributed by atoms with E-state index in [9.17, 15) is 26.4 Å².